The molecule has 3 aromatic rings. The second-order valence-electron chi connectivity index (χ2n) is 6.30. The largest absolute Gasteiger partial charge is 0.503 e. The molecule has 0 radical (unpaired) electrons. The number of phenols is 1. The fourth-order valence-electron chi connectivity index (χ4n) is 3.22. The molecular weight excluding hydrogens is 412 g/mol. The number of benzene rings is 2. The number of methoxy groups -OCH3 is 1. The lowest BCUT2D eigenvalue weighted by Gasteiger charge is -2.23. The first kappa shape index (κ1) is 19.4. The van der Waals surface area contributed by atoms with Crippen molar-refractivity contribution < 1.29 is 14.5 Å². The van der Waals surface area contributed by atoms with Crippen LogP contribution in [0.2, 0.25) is 5.02 Å². The molecule has 0 aliphatic carbocycles. The minimum Gasteiger partial charge on any atom is -0.503 e. The van der Waals surface area contributed by atoms with Gasteiger partial charge in [0.15, 0.2) is 11.5 Å². The summed E-state index contributed by atoms with van der Waals surface area (Å²) in [5.74, 6) is 0.706. The molecule has 4 rings (SSSR count). The van der Waals surface area contributed by atoms with Gasteiger partial charge in [-0.05, 0) is 28.9 Å². The van der Waals surface area contributed by atoms with Crippen LogP contribution in [0.15, 0.2) is 59.0 Å². The zero-order valence-corrected chi connectivity index (χ0v) is 17.0. The fourth-order valence-corrected chi connectivity index (χ4v) is 4.03. The average molecular weight is 430 g/mol. The van der Waals surface area contributed by atoms with E-state index in [9.17, 15) is 9.90 Å². The van der Waals surface area contributed by atoms with Crippen molar-refractivity contribution in [3.8, 4) is 22.8 Å². The van der Waals surface area contributed by atoms with E-state index in [0.29, 0.717) is 22.2 Å². The van der Waals surface area contributed by atoms with Crippen molar-refractivity contribution in [2.24, 2.45) is 0 Å². The summed E-state index contributed by atoms with van der Waals surface area (Å²) in [7, 11) is 1.45. The lowest BCUT2D eigenvalue weighted by molar-refractivity contribution is -0.759. The van der Waals surface area contributed by atoms with Gasteiger partial charge in [-0.1, -0.05) is 41.6 Å². The molecule has 0 amide bonds. The second-order valence-corrected chi connectivity index (χ2v) is 7.71. The van der Waals surface area contributed by atoms with Gasteiger partial charge in [-0.2, -0.15) is 0 Å². The molecule has 0 saturated heterocycles. The predicted octanol–water partition coefficient (Wildman–Crippen LogP) is 3.34. The van der Waals surface area contributed by atoms with Crippen molar-refractivity contribution in [1.29, 1.82) is 0 Å². The molecule has 148 valence electrons. The number of H-pyrrole nitrogens is 1. The zero-order valence-electron chi connectivity index (χ0n) is 15.5. The number of thioether (sulfide) groups is 1. The Bertz CT molecular complexity index is 1160. The van der Waals surface area contributed by atoms with E-state index in [1.165, 1.54) is 18.9 Å². The third-order valence-electron chi connectivity index (χ3n) is 4.51. The van der Waals surface area contributed by atoms with Gasteiger partial charge in [0, 0.05) is 16.4 Å². The van der Waals surface area contributed by atoms with E-state index in [1.54, 1.807) is 22.9 Å². The number of rotatable bonds is 5. The molecule has 0 fully saturated rings. The molecule has 2 aromatic carbocycles. The number of phenolic OH excluding ortho intramolecular Hbond substituents is 1. The maximum atomic E-state index is 13.0. The summed E-state index contributed by atoms with van der Waals surface area (Å²) in [6.07, 6.45) is 1.21. The van der Waals surface area contributed by atoms with Gasteiger partial charge in [0.1, 0.15) is 0 Å². The molecular formula is C20H18ClN4O3S+. The predicted molar refractivity (Wildman–Crippen MR) is 113 cm³/mol. The lowest BCUT2D eigenvalue weighted by Crippen LogP contribution is -2.55. The summed E-state index contributed by atoms with van der Waals surface area (Å²) in [6.45, 7) is 3.70. The van der Waals surface area contributed by atoms with E-state index in [-0.39, 0.29) is 22.1 Å². The molecule has 1 atom stereocenters. The summed E-state index contributed by atoms with van der Waals surface area (Å²) >= 11 is 7.58. The number of hydrogen-bond donors (Lipinski definition) is 3. The van der Waals surface area contributed by atoms with Crippen molar-refractivity contribution in [2.45, 2.75) is 11.3 Å². The first-order chi connectivity index (χ1) is 14.0. The molecule has 0 saturated carbocycles. The molecule has 1 aliphatic heterocycles. The van der Waals surface area contributed by atoms with Gasteiger partial charge >= 0.3 is 11.3 Å². The van der Waals surface area contributed by atoms with Crippen LogP contribution in [0.1, 0.15) is 11.7 Å². The number of anilines is 1. The highest BCUT2D eigenvalue weighted by molar-refractivity contribution is 7.99. The van der Waals surface area contributed by atoms with Crippen molar-refractivity contribution in [2.75, 3.05) is 18.2 Å². The van der Waals surface area contributed by atoms with Crippen LogP contribution in [0.4, 0.5) is 5.69 Å². The lowest BCUT2D eigenvalue weighted by atomic mass is 10.0. The van der Waals surface area contributed by atoms with Gasteiger partial charge in [-0.25, -0.2) is 0 Å². The standard InChI is InChI=1S/C20H17ClN4O3S/c1-3-8-29-20-23-19(27)16-12-6-4-5-7-14(12)22-18(25(16)24-20)11-9-13(21)17(26)15(10-11)28-2/h3-7,9-10,18H,1,8H2,2H3,(H2,23,24,26,27)/p+1/t18-/m0/s1. The van der Waals surface area contributed by atoms with Crippen molar-refractivity contribution >= 4 is 29.1 Å². The van der Waals surface area contributed by atoms with Crippen LogP contribution in [0.25, 0.3) is 11.3 Å². The van der Waals surface area contributed by atoms with Gasteiger partial charge in [0.2, 0.25) is 5.16 Å². The number of nitrogens with one attached hydrogen (secondary N) is 2. The molecule has 2 heterocycles. The maximum absolute atomic E-state index is 13.0. The third-order valence-corrected chi connectivity index (χ3v) is 5.65. The smallest absolute Gasteiger partial charge is 0.325 e. The summed E-state index contributed by atoms with van der Waals surface area (Å²) in [4.78, 5) is 15.8. The molecule has 9 heteroatoms. The van der Waals surface area contributed by atoms with Crippen LogP contribution >= 0.6 is 23.4 Å². The van der Waals surface area contributed by atoms with Crippen molar-refractivity contribution in [3.05, 3.63) is 70.0 Å². The summed E-state index contributed by atoms with van der Waals surface area (Å²) in [5.41, 5.74) is 2.40. The Morgan fingerprint density at radius 2 is 2.21 bits per heavy atom. The molecule has 1 aliphatic rings. The number of aromatic amines is 1. The first-order valence-electron chi connectivity index (χ1n) is 8.75. The Balaban J connectivity index is 1.94. The van der Waals surface area contributed by atoms with Gasteiger partial charge in [0.05, 0.1) is 23.4 Å². The number of nitrogens with zero attached hydrogens (tertiary/aromatic N) is 2. The van der Waals surface area contributed by atoms with E-state index >= 15 is 0 Å². The zero-order chi connectivity index (χ0) is 20.5. The van der Waals surface area contributed by atoms with Gasteiger partial charge in [0.25, 0.3) is 6.17 Å². The number of para-hydroxylation sites is 1. The highest BCUT2D eigenvalue weighted by atomic mass is 35.5. The number of aromatic nitrogens is 3. The molecule has 0 spiro atoms. The van der Waals surface area contributed by atoms with E-state index in [4.69, 9.17) is 16.3 Å². The quantitative estimate of drug-likeness (QED) is 0.327. The van der Waals surface area contributed by atoms with Gasteiger partial charge in [-0.15, -0.1) is 6.58 Å². The van der Waals surface area contributed by atoms with Crippen LogP contribution < -0.4 is 20.3 Å². The van der Waals surface area contributed by atoms with Crippen LogP contribution in [-0.2, 0) is 0 Å². The van der Waals surface area contributed by atoms with Gasteiger partial charge in [-0.3, -0.25) is 9.78 Å². The number of hydrogen-bond acceptors (Lipinski definition) is 6. The SMILES string of the molecule is C=CCSc1n[n+]2c(c(=O)[nH]1)-c1ccccc1N[C@@H]2c1cc(Cl)c(O)c(OC)c1. The van der Waals surface area contributed by atoms with Crippen molar-refractivity contribution in [3.63, 3.8) is 0 Å². The summed E-state index contributed by atoms with van der Waals surface area (Å²) < 4.78 is 6.87. The highest BCUT2D eigenvalue weighted by Crippen LogP contribution is 2.38. The second kappa shape index (κ2) is 7.81. The normalized spacial score (nSPS) is 14.5. The molecule has 3 N–H and O–H groups in total. The Kier molecular flexibility index (Phi) is 5.21. The van der Waals surface area contributed by atoms with E-state index < -0.39 is 6.17 Å². The topological polar surface area (TPSA) is 91.1 Å². The monoisotopic (exact) mass is 429 g/mol. The Labute approximate surface area is 176 Å². The Hall–Kier alpha value is -2.97. The summed E-state index contributed by atoms with van der Waals surface area (Å²) in [6, 6.07) is 10.8. The third kappa shape index (κ3) is 3.45. The molecule has 0 bridgehead atoms. The number of fused-ring (bicyclic) bond motifs is 3. The molecule has 7 nitrogen and oxygen atoms in total. The summed E-state index contributed by atoms with van der Waals surface area (Å²) in [5, 5.41) is 18.8. The first-order valence-corrected chi connectivity index (χ1v) is 10.1. The van der Waals surface area contributed by atoms with Crippen LogP contribution in [0.3, 0.4) is 0 Å². The molecule has 29 heavy (non-hydrogen) atoms. The Morgan fingerprint density at radius 3 is 2.97 bits per heavy atom. The maximum Gasteiger partial charge on any atom is 0.325 e. The fraction of sp³-hybridized carbons (Fsp3) is 0.150. The molecule has 1 aromatic heterocycles. The number of halogens is 1. The van der Waals surface area contributed by atoms with Crippen molar-refractivity contribution in [1.82, 2.24) is 10.1 Å². The van der Waals surface area contributed by atoms with Crippen LogP contribution in [0, 0.1) is 0 Å². The van der Waals surface area contributed by atoms with Crippen LogP contribution in [0.5, 0.6) is 11.5 Å². The van der Waals surface area contributed by atoms with E-state index in [2.05, 4.69) is 22.0 Å². The minimum absolute atomic E-state index is 0.138. The Morgan fingerprint density at radius 1 is 1.41 bits per heavy atom. The van der Waals surface area contributed by atoms with Crippen LogP contribution in [-0.4, -0.2) is 28.1 Å². The van der Waals surface area contributed by atoms with Gasteiger partial charge < -0.3 is 15.2 Å². The minimum atomic E-state index is -0.530. The highest BCUT2D eigenvalue weighted by Gasteiger charge is 2.38. The van der Waals surface area contributed by atoms with E-state index in [1.807, 2.05) is 24.3 Å². The number of ether oxygens (including phenoxy) is 1. The molecule has 0 unspecified atom stereocenters. The number of aromatic hydroxyl groups is 1. The average Bonchev–Trinajstić information content (AvgIpc) is 2.73. The van der Waals surface area contributed by atoms with E-state index in [0.717, 1.165) is 11.3 Å².